The molecule has 0 amide bonds. The van der Waals surface area contributed by atoms with Crippen LogP contribution in [0.2, 0.25) is 0 Å². The van der Waals surface area contributed by atoms with Crippen molar-refractivity contribution in [1.29, 1.82) is 0 Å². The fraction of sp³-hybridized carbons (Fsp3) is 0.375. The highest BCUT2D eigenvalue weighted by atomic mass is 32.2. The van der Waals surface area contributed by atoms with E-state index in [1.807, 2.05) is 31.2 Å². The van der Waals surface area contributed by atoms with Crippen molar-refractivity contribution in [3.63, 3.8) is 0 Å². The summed E-state index contributed by atoms with van der Waals surface area (Å²) in [5, 5.41) is 9.29. The van der Waals surface area contributed by atoms with E-state index in [1.165, 1.54) is 11.8 Å². The zero-order chi connectivity index (χ0) is 22.5. The Kier molecular flexibility index (Phi) is 7.12. The first-order valence-electron chi connectivity index (χ1n) is 10.6. The number of ketones is 1. The van der Waals surface area contributed by atoms with Gasteiger partial charge < -0.3 is 14.2 Å². The van der Waals surface area contributed by atoms with Gasteiger partial charge in [0.25, 0.3) is 0 Å². The van der Waals surface area contributed by atoms with Gasteiger partial charge >= 0.3 is 0 Å². The van der Waals surface area contributed by atoms with Crippen molar-refractivity contribution in [2.75, 3.05) is 20.8 Å². The molecule has 0 spiro atoms. The number of aromatic nitrogens is 3. The largest absolute Gasteiger partial charge is 0.497 e. The van der Waals surface area contributed by atoms with Gasteiger partial charge in [0, 0.05) is 17.7 Å². The summed E-state index contributed by atoms with van der Waals surface area (Å²) < 4.78 is 18.4. The average molecular weight is 454 g/mol. The molecule has 2 unspecified atom stereocenters. The third-order valence-electron chi connectivity index (χ3n) is 5.50. The summed E-state index contributed by atoms with van der Waals surface area (Å²) in [5.41, 5.74) is 1.59. The smallest absolute Gasteiger partial charge is 0.192 e. The van der Waals surface area contributed by atoms with Crippen molar-refractivity contribution in [3.05, 3.63) is 54.1 Å². The minimum Gasteiger partial charge on any atom is -0.497 e. The second-order valence-corrected chi connectivity index (χ2v) is 8.94. The minimum atomic E-state index is -0.320. The van der Waals surface area contributed by atoms with Crippen molar-refractivity contribution in [2.24, 2.45) is 0 Å². The average Bonchev–Trinajstić information content (AvgIpc) is 3.49. The Morgan fingerprint density at radius 3 is 2.34 bits per heavy atom. The van der Waals surface area contributed by atoms with E-state index in [0.717, 1.165) is 42.3 Å². The highest BCUT2D eigenvalue weighted by molar-refractivity contribution is 8.00. The fourth-order valence-electron chi connectivity index (χ4n) is 3.69. The van der Waals surface area contributed by atoms with Crippen LogP contribution >= 0.6 is 11.8 Å². The summed E-state index contributed by atoms with van der Waals surface area (Å²) in [7, 11) is 3.25. The Balaban J connectivity index is 1.58. The van der Waals surface area contributed by atoms with Crippen molar-refractivity contribution in [1.82, 2.24) is 14.8 Å². The Morgan fingerprint density at radius 1 is 1.09 bits per heavy atom. The lowest BCUT2D eigenvalue weighted by atomic mass is 10.1. The number of carbonyl (C=O) groups is 1. The van der Waals surface area contributed by atoms with Gasteiger partial charge in [0.05, 0.1) is 32.1 Å². The molecule has 168 valence electrons. The van der Waals surface area contributed by atoms with Crippen LogP contribution in [0.15, 0.2) is 53.7 Å². The van der Waals surface area contributed by atoms with Gasteiger partial charge in [0.15, 0.2) is 16.8 Å². The van der Waals surface area contributed by atoms with Crippen LogP contribution < -0.4 is 9.47 Å². The van der Waals surface area contributed by atoms with Gasteiger partial charge in [-0.1, -0.05) is 11.8 Å². The quantitative estimate of drug-likeness (QED) is 0.349. The molecule has 8 heteroatoms. The SMILES string of the molecule is COc1ccc(C(=O)C(C)Sc2nnc(-c3ccc(OC)cc3)n2CC2CCCO2)cc1. The van der Waals surface area contributed by atoms with E-state index in [-0.39, 0.29) is 17.1 Å². The predicted octanol–water partition coefficient (Wildman–Crippen LogP) is 4.50. The monoisotopic (exact) mass is 453 g/mol. The van der Waals surface area contributed by atoms with E-state index < -0.39 is 0 Å². The second-order valence-electron chi connectivity index (χ2n) is 7.63. The number of methoxy groups -OCH3 is 2. The molecule has 2 atom stereocenters. The number of hydrogen-bond acceptors (Lipinski definition) is 7. The number of hydrogen-bond donors (Lipinski definition) is 0. The fourth-order valence-corrected chi connectivity index (χ4v) is 4.62. The van der Waals surface area contributed by atoms with Gasteiger partial charge in [0.2, 0.25) is 0 Å². The molecule has 0 aliphatic carbocycles. The molecule has 2 aromatic carbocycles. The Hall–Kier alpha value is -2.84. The second kappa shape index (κ2) is 10.2. The standard InChI is InChI=1S/C24H27N3O4S/c1-16(22(28)17-6-10-19(29-2)11-7-17)32-24-26-25-23(18-8-12-20(30-3)13-9-18)27(24)15-21-5-4-14-31-21/h6-13,16,21H,4-5,14-15H2,1-3H3. The van der Waals surface area contributed by atoms with Crippen LogP contribution in [0.25, 0.3) is 11.4 Å². The number of carbonyl (C=O) groups excluding carboxylic acids is 1. The minimum absolute atomic E-state index is 0.0373. The summed E-state index contributed by atoms with van der Waals surface area (Å²) >= 11 is 1.42. The van der Waals surface area contributed by atoms with Crippen molar-refractivity contribution in [3.8, 4) is 22.9 Å². The van der Waals surface area contributed by atoms with Crippen LogP contribution in [0.1, 0.15) is 30.1 Å². The first kappa shape index (κ1) is 22.4. The summed E-state index contributed by atoms with van der Waals surface area (Å²) in [6.45, 7) is 3.33. The highest BCUT2D eigenvalue weighted by Crippen LogP contribution is 2.31. The van der Waals surface area contributed by atoms with E-state index in [9.17, 15) is 4.79 Å². The van der Waals surface area contributed by atoms with Crippen LogP contribution in [-0.4, -0.2) is 52.7 Å². The molecule has 0 radical (unpaired) electrons. The van der Waals surface area contributed by atoms with Gasteiger partial charge in [-0.2, -0.15) is 0 Å². The molecular formula is C24H27N3O4S. The lowest BCUT2D eigenvalue weighted by molar-refractivity contribution is 0.0953. The van der Waals surface area contributed by atoms with Crippen molar-refractivity contribution < 1.29 is 19.0 Å². The molecule has 1 aliphatic rings. The molecule has 32 heavy (non-hydrogen) atoms. The van der Waals surface area contributed by atoms with E-state index in [2.05, 4.69) is 14.8 Å². The van der Waals surface area contributed by atoms with Gasteiger partial charge in [-0.3, -0.25) is 9.36 Å². The van der Waals surface area contributed by atoms with Gasteiger partial charge in [-0.05, 0) is 68.3 Å². The molecule has 1 saturated heterocycles. The van der Waals surface area contributed by atoms with Crippen LogP contribution in [-0.2, 0) is 11.3 Å². The molecule has 0 saturated carbocycles. The summed E-state index contributed by atoms with van der Waals surface area (Å²) in [5.74, 6) is 2.31. The Morgan fingerprint density at radius 2 is 1.75 bits per heavy atom. The van der Waals surface area contributed by atoms with E-state index >= 15 is 0 Å². The maximum absolute atomic E-state index is 13.0. The first-order valence-corrected chi connectivity index (χ1v) is 11.5. The highest BCUT2D eigenvalue weighted by Gasteiger charge is 2.25. The zero-order valence-electron chi connectivity index (χ0n) is 18.5. The summed E-state index contributed by atoms with van der Waals surface area (Å²) in [6, 6.07) is 14.9. The lowest BCUT2D eigenvalue weighted by Crippen LogP contribution is -2.19. The van der Waals surface area contributed by atoms with Crippen molar-refractivity contribution >= 4 is 17.5 Å². The molecule has 1 aromatic heterocycles. The number of Topliss-reactive ketones (excluding diaryl/α,β-unsaturated/α-hetero) is 1. The maximum atomic E-state index is 13.0. The van der Waals surface area contributed by atoms with Crippen LogP contribution in [0.4, 0.5) is 0 Å². The van der Waals surface area contributed by atoms with Crippen LogP contribution in [0.5, 0.6) is 11.5 Å². The van der Waals surface area contributed by atoms with E-state index in [4.69, 9.17) is 14.2 Å². The van der Waals surface area contributed by atoms with E-state index in [0.29, 0.717) is 17.3 Å². The molecule has 3 aromatic rings. The summed E-state index contributed by atoms with van der Waals surface area (Å²) in [6.07, 6.45) is 2.18. The number of thioether (sulfide) groups is 1. The van der Waals surface area contributed by atoms with Crippen LogP contribution in [0.3, 0.4) is 0 Å². The van der Waals surface area contributed by atoms with Crippen LogP contribution in [0, 0.1) is 0 Å². The third kappa shape index (κ3) is 4.97. The van der Waals surface area contributed by atoms with Gasteiger partial charge in [0.1, 0.15) is 11.5 Å². The third-order valence-corrected chi connectivity index (χ3v) is 6.58. The van der Waals surface area contributed by atoms with Gasteiger partial charge in [-0.25, -0.2) is 0 Å². The summed E-state index contributed by atoms with van der Waals surface area (Å²) in [4.78, 5) is 13.0. The topological polar surface area (TPSA) is 75.5 Å². The maximum Gasteiger partial charge on any atom is 0.192 e. The number of rotatable bonds is 9. The normalized spacial score (nSPS) is 16.7. The zero-order valence-corrected chi connectivity index (χ0v) is 19.3. The molecule has 0 bridgehead atoms. The molecule has 2 heterocycles. The van der Waals surface area contributed by atoms with Crippen molar-refractivity contribution in [2.45, 2.75) is 42.8 Å². The molecule has 1 fully saturated rings. The number of nitrogens with zero attached hydrogens (tertiary/aromatic N) is 3. The molecule has 7 nitrogen and oxygen atoms in total. The predicted molar refractivity (Wildman–Crippen MR) is 124 cm³/mol. The lowest BCUT2D eigenvalue weighted by Gasteiger charge is -2.16. The van der Waals surface area contributed by atoms with Gasteiger partial charge in [-0.15, -0.1) is 10.2 Å². The molecule has 0 N–H and O–H groups in total. The molecular weight excluding hydrogens is 426 g/mol. The molecule has 4 rings (SSSR count). The number of ether oxygens (including phenoxy) is 3. The molecule has 1 aliphatic heterocycles. The Labute approximate surface area is 192 Å². The number of benzene rings is 2. The Bertz CT molecular complexity index is 1040. The first-order chi connectivity index (χ1) is 15.6. The van der Waals surface area contributed by atoms with E-state index in [1.54, 1.807) is 38.5 Å².